The van der Waals surface area contributed by atoms with E-state index >= 15 is 0 Å². The summed E-state index contributed by atoms with van der Waals surface area (Å²) in [5.41, 5.74) is 0.959. The lowest BCUT2D eigenvalue weighted by Crippen LogP contribution is -2.33. The minimum absolute atomic E-state index is 0.195. The number of rotatable bonds is 2. The number of hydrogen-bond donors (Lipinski definition) is 0. The van der Waals surface area contributed by atoms with Crippen molar-refractivity contribution in [2.24, 2.45) is 0 Å². The Kier molecular flexibility index (Phi) is 2.94. The highest BCUT2D eigenvalue weighted by atomic mass is 16.7. The smallest absolute Gasteiger partial charge is 0.321 e. The van der Waals surface area contributed by atoms with Crippen LogP contribution in [0.2, 0.25) is 0 Å². The van der Waals surface area contributed by atoms with Crippen LogP contribution in [0.1, 0.15) is 37.0 Å². The molecule has 0 atom stereocenters. The number of aryl methyl sites for hydroxylation is 1. The highest BCUT2D eigenvalue weighted by Crippen LogP contribution is 2.22. The second kappa shape index (κ2) is 4.78. The molecule has 0 radical (unpaired) electrons. The number of nitrogens with zero attached hydrogens (tertiary/aromatic N) is 3. The van der Waals surface area contributed by atoms with Crippen LogP contribution in [-0.2, 0) is 4.84 Å². The molecule has 1 aromatic carbocycles. The van der Waals surface area contributed by atoms with Gasteiger partial charge in [-0.2, -0.15) is 0 Å². The van der Waals surface area contributed by atoms with Crippen LogP contribution in [0, 0.1) is 6.92 Å². The normalized spacial score (nSPS) is 13.3. The zero-order chi connectivity index (χ0) is 15.0. The van der Waals surface area contributed by atoms with Crippen molar-refractivity contribution >= 4 is 17.8 Å². The predicted molar refractivity (Wildman–Crippen MR) is 69.1 cm³/mol. The molecular weight excluding hydrogens is 274 g/mol. The third-order valence-corrected chi connectivity index (χ3v) is 2.91. The van der Waals surface area contributed by atoms with Crippen molar-refractivity contribution in [3.05, 3.63) is 59.2 Å². The highest BCUT2D eigenvalue weighted by molar-refractivity contribution is 6.21. The fraction of sp³-hybridized carbons (Fsp3) is 0.0714. The summed E-state index contributed by atoms with van der Waals surface area (Å²) in [6.07, 6.45) is 1.39. The Balaban J connectivity index is 1.85. The number of hydroxylamine groups is 2. The maximum atomic E-state index is 12.0. The van der Waals surface area contributed by atoms with Gasteiger partial charge < -0.3 is 4.84 Å². The van der Waals surface area contributed by atoms with E-state index in [1.54, 1.807) is 25.1 Å². The van der Waals surface area contributed by atoms with Crippen LogP contribution in [0.25, 0.3) is 0 Å². The lowest BCUT2D eigenvalue weighted by Gasteiger charge is -2.11. The average molecular weight is 283 g/mol. The summed E-state index contributed by atoms with van der Waals surface area (Å²) in [5.74, 6) is -2.55. The van der Waals surface area contributed by atoms with Crippen molar-refractivity contribution in [2.45, 2.75) is 6.92 Å². The first kappa shape index (κ1) is 12.9. The van der Waals surface area contributed by atoms with Crippen molar-refractivity contribution in [2.75, 3.05) is 0 Å². The second-order valence-corrected chi connectivity index (χ2v) is 4.35. The molecule has 7 nitrogen and oxygen atoms in total. The molecule has 2 aromatic rings. The van der Waals surface area contributed by atoms with E-state index in [0.29, 0.717) is 10.8 Å². The number of aromatic nitrogens is 2. The quantitative estimate of drug-likeness (QED) is 0.768. The van der Waals surface area contributed by atoms with Crippen molar-refractivity contribution < 1.29 is 19.2 Å². The molecule has 0 bridgehead atoms. The van der Waals surface area contributed by atoms with E-state index in [1.807, 2.05) is 0 Å². The van der Waals surface area contributed by atoms with Gasteiger partial charge in [0.25, 0.3) is 11.8 Å². The van der Waals surface area contributed by atoms with Crippen molar-refractivity contribution in [1.29, 1.82) is 0 Å². The first-order valence-corrected chi connectivity index (χ1v) is 6.07. The number of amides is 2. The molecule has 0 N–H and O–H groups in total. The molecule has 0 saturated heterocycles. The van der Waals surface area contributed by atoms with Crippen LogP contribution in [0.3, 0.4) is 0 Å². The van der Waals surface area contributed by atoms with Gasteiger partial charge in [0.2, 0.25) is 5.82 Å². The molecule has 0 saturated carbocycles. The molecule has 0 aliphatic carbocycles. The Morgan fingerprint density at radius 1 is 1.10 bits per heavy atom. The van der Waals surface area contributed by atoms with Crippen molar-refractivity contribution in [3.8, 4) is 0 Å². The first-order valence-electron chi connectivity index (χ1n) is 6.07. The van der Waals surface area contributed by atoms with Crippen molar-refractivity contribution in [1.82, 2.24) is 15.0 Å². The number of benzene rings is 1. The van der Waals surface area contributed by atoms with Crippen LogP contribution in [0.5, 0.6) is 0 Å². The Labute approximate surface area is 119 Å². The molecule has 104 valence electrons. The minimum atomic E-state index is -0.965. The third kappa shape index (κ3) is 2.14. The van der Waals surface area contributed by atoms with Gasteiger partial charge in [-0.3, -0.25) is 9.59 Å². The molecule has 1 aromatic heterocycles. The Morgan fingerprint density at radius 3 is 2.29 bits per heavy atom. The van der Waals surface area contributed by atoms with Crippen LogP contribution >= 0.6 is 0 Å². The number of carbonyl (C=O) groups excluding carboxylic acids is 3. The van der Waals surface area contributed by atoms with E-state index in [1.165, 1.54) is 18.3 Å². The van der Waals surface area contributed by atoms with E-state index in [0.717, 1.165) is 0 Å². The first-order chi connectivity index (χ1) is 10.1. The average Bonchev–Trinajstić information content (AvgIpc) is 2.73. The molecular formula is C14H9N3O4. The van der Waals surface area contributed by atoms with Crippen LogP contribution in [0.4, 0.5) is 0 Å². The van der Waals surface area contributed by atoms with Gasteiger partial charge in [-0.25, -0.2) is 14.8 Å². The van der Waals surface area contributed by atoms with Gasteiger partial charge in [-0.05, 0) is 25.1 Å². The van der Waals surface area contributed by atoms with E-state index < -0.39 is 17.8 Å². The molecule has 1 aliphatic heterocycles. The SMILES string of the molecule is Cc1ccnc(C(=O)ON2C(=O)c3ccccc3C2=O)n1. The summed E-state index contributed by atoms with van der Waals surface area (Å²) in [6, 6.07) is 7.84. The number of fused-ring (bicyclic) bond motifs is 1. The van der Waals surface area contributed by atoms with Gasteiger partial charge in [0.15, 0.2) is 0 Å². The van der Waals surface area contributed by atoms with Gasteiger partial charge in [0.05, 0.1) is 11.1 Å². The fourth-order valence-corrected chi connectivity index (χ4v) is 1.92. The predicted octanol–water partition coefficient (Wildman–Crippen LogP) is 1.15. The minimum Gasteiger partial charge on any atom is -0.321 e. The molecule has 21 heavy (non-hydrogen) atoms. The lowest BCUT2D eigenvalue weighted by atomic mass is 10.1. The monoisotopic (exact) mass is 283 g/mol. The molecule has 1 aliphatic rings. The van der Waals surface area contributed by atoms with Crippen LogP contribution < -0.4 is 0 Å². The van der Waals surface area contributed by atoms with E-state index in [4.69, 9.17) is 4.84 Å². The van der Waals surface area contributed by atoms with Gasteiger partial charge in [0.1, 0.15) is 0 Å². The fourth-order valence-electron chi connectivity index (χ4n) is 1.92. The van der Waals surface area contributed by atoms with Gasteiger partial charge in [-0.1, -0.05) is 17.2 Å². The van der Waals surface area contributed by atoms with Gasteiger partial charge in [-0.15, -0.1) is 0 Å². The molecule has 3 rings (SSSR count). The van der Waals surface area contributed by atoms with Gasteiger partial charge >= 0.3 is 5.97 Å². The zero-order valence-corrected chi connectivity index (χ0v) is 10.9. The maximum absolute atomic E-state index is 12.0. The second-order valence-electron chi connectivity index (χ2n) is 4.35. The Morgan fingerprint density at radius 2 is 1.71 bits per heavy atom. The zero-order valence-electron chi connectivity index (χ0n) is 10.9. The summed E-state index contributed by atoms with van der Waals surface area (Å²) in [7, 11) is 0. The summed E-state index contributed by atoms with van der Waals surface area (Å²) in [4.78, 5) is 48.4. The molecule has 2 heterocycles. The van der Waals surface area contributed by atoms with E-state index in [9.17, 15) is 14.4 Å². The highest BCUT2D eigenvalue weighted by Gasteiger charge is 2.39. The molecule has 0 spiro atoms. The van der Waals surface area contributed by atoms with E-state index in [-0.39, 0.29) is 17.0 Å². The van der Waals surface area contributed by atoms with E-state index in [2.05, 4.69) is 9.97 Å². The number of hydrogen-bond acceptors (Lipinski definition) is 6. The molecule has 2 amide bonds. The van der Waals surface area contributed by atoms with Gasteiger partial charge in [0, 0.05) is 11.9 Å². The third-order valence-electron chi connectivity index (χ3n) is 2.91. The van der Waals surface area contributed by atoms with Crippen LogP contribution in [-0.4, -0.2) is 32.8 Å². The summed E-state index contributed by atoms with van der Waals surface area (Å²) >= 11 is 0. The molecule has 7 heteroatoms. The topological polar surface area (TPSA) is 89.5 Å². The van der Waals surface area contributed by atoms with Crippen molar-refractivity contribution in [3.63, 3.8) is 0 Å². The lowest BCUT2D eigenvalue weighted by molar-refractivity contribution is -0.0592. The van der Waals surface area contributed by atoms with Crippen LogP contribution in [0.15, 0.2) is 36.5 Å². The summed E-state index contributed by atoms with van der Waals surface area (Å²) < 4.78 is 0. The largest absolute Gasteiger partial charge is 0.401 e. The number of imide groups is 1. The molecule has 0 fully saturated rings. The molecule has 0 unspecified atom stereocenters. The maximum Gasteiger partial charge on any atom is 0.401 e. The standard InChI is InChI=1S/C14H9N3O4/c1-8-6-7-15-11(16-8)14(20)21-17-12(18)9-4-2-3-5-10(9)13(17)19/h2-7H,1H3. The summed E-state index contributed by atoms with van der Waals surface area (Å²) in [6.45, 7) is 1.68. The summed E-state index contributed by atoms with van der Waals surface area (Å²) in [5, 5.41) is 0.429. The Hall–Kier alpha value is -3.09. The Bertz CT molecular complexity index is 737. The number of carbonyl (C=O) groups is 3.